The van der Waals surface area contributed by atoms with E-state index in [9.17, 15) is 0 Å². The first-order chi connectivity index (χ1) is 8.76. The lowest BCUT2D eigenvalue weighted by Gasteiger charge is -2.47. The molecule has 3 aliphatic rings. The highest BCUT2D eigenvalue weighted by molar-refractivity contribution is 4.96. The third-order valence-corrected chi connectivity index (χ3v) is 5.50. The van der Waals surface area contributed by atoms with E-state index in [0.29, 0.717) is 5.60 Å². The summed E-state index contributed by atoms with van der Waals surface area (Å²) in [6, 6.07) is 0.733. The molecule has 104 valence electrons. The lowest BCUT2D eigenvalue weighted by Crippen LogP contribution is -2.51. The molecule has 3 atom stereocenters. The first kappa shape index (κ1) is 12.9. The third-order valence-electron chi connectivity index (χ3n) is 5.50. The molecule has 0 amide bonds. The molecule has 0 aromatic carbocycles. The Hall–Kier alpha value is -0.0800. The van der Waals surface area contributed by atoms with Crippen molar-refractivity contribution in [2.24, 2.45) is 11.8 Å². The van der Waals surface area contributed by atoms with Crippen molar-refractivity contribution in [2.75, 3.05) is 13.2 Å². The normalized spacial score (nSPS) is 39.5. The van der Waals surface area contributed by atoms with Crippen molar-refractivity contribution in [1.82, 2.24) is 5.32 Å². The molecule has 1 saturated heterocycles. The van der Waals surface area contributed by atoms with Gasteiger partial charge in [-0.2, -0.15) is 0 Å². The average Bonchev–Trinajstić information content (AvgIpc) is 2.35. The summed E-state index contributed by atoms with van der Waals surface area (Å²) in [4.78, 5) is 0. The van der Waals surface area contributed by atoms with Gasteiger partial charge >= 0.3 is 0 Å². The molecule has 2 nitrogen and oxygen atoms in total. The van der Waals surface area contributed by atoms with E-state index in [0.717, 1.165) is 24.5 Å². The van der Waals surface area contributed by atoms with E-state index in [1.54, 1.807) is 0 Å². The summed E-state index contributed by atoms with van der Waals surface area (Å²) >= 11 is 0. The molecule has 3 fully saturated rings. The maximum absolute atomic E-state index is 6.00. The maximum atomic E-state index is 6.00. The second kappa shape index (κ2) is 5.50. The molecule has 0 bridgehead atoms. The number of nitrogens with one attached hydrogen (secondary N) is 1. The van der Waals surface area contributed by atoms with E-state index < -0.39 is 0 Å². The van der Waals surface area contributed by atoms with Gasteiger partial charge in [0.1, 0.15) is 0 Å². The van der Waals surface area contributed by atoms with Crippen molar-refractivity contribution in [3.05, 3.63) is 0 Å². The molecule has 18 heavy (non-hydrogen) atoms. The minimum absolute atomic E-state index is 0.301. The fourth-order valence-corrected chi connectivity index (χ4v) is 4.20. The van der Waals surface area contributed by atoms with E-state index in [1.807, 2.05) is 0 Å². The van der Waals surface area contributed by atoms with Crippen LogP contribution in [0, 0.1) is 11.8 Å². The summed E-state index contributed by atoms with van der Waals surface area (Å²) in [7, 11) is 0. The topological polar surface area (TPSA) is 21.3 Å². The van der Waals surface area contributed by atoms with Gasteiger partial charge in [-0.3, -0.25) is 0 Å². The highest BCUT2D eigenvalue weighted by atomic mass is 16.5. The first-order valence-electron chi connectivity index (χ1n) is 8.13. The van der Waals surface area contributed by atoms with Gasteiger partial charge in [0, 0.05) is 12.6 Å². The fourth-order valence-electron chi connectivity index (χ4n) is 4.20. The van der Waals surface area contributed by atoms with E-state index in [-0.39, 0.29) is 0 Å². The largest absolute Gasteiger partial charge is 0.375 e. The fraction of sp³-hybridized carbons (Fsp3) is 1.00. The predicted molar refractivity (Wildman–Crippen MR) is 74.7 cm³/mol. The maximum Gasteiger partial charge on any atom is 0.0697 e. The van der Waals surface area contributed by atoms with Gasteiger partial charge in [0.2, 0.25) is 0 Å². The summed E-state index contributed by atoms with van der Waals surface area (Å²) in [5, 5.41) is 3.86. The third kappa shape index (κ3) is 2.91. The number of hydrogen-bond acceptors (Lipinski definition) is 2. The monoisotopic (exact) mass is 251 g/mol. The zero-order chi connectivity index (χ0) is 12.4. The second-order valence-electron chi connectivity index (χ2n) is 7.12. The molecule has 3 unspecified atom stereocenters. The van der Waals surface area contributed by atoms with Crippen LogP contribution in [0.2, 0.25) is 0 Å². The van der Waals surface area contributed by atoms with E-state index in [2.05, 4.69) is 12.2 Å². The molecule has 3 rings (SSSR count). The Morgan fingerprint density at radius 1 is 1.17 bits per heavy atom. The van der Waals surface area contributed by atoms with Crippen LogP contribution in [0.25, 0.3) is 0 Å². The van der Waals surface area contributed by atoms with Crippen LogP contribution in [0.3, 0.4) is 0 Å². The van der Waals surface area contributed by atoms with Crippen molar-refractivity contribution in [3.63, 3.8) is 0 Å². The smallest absolute Gasteiger partial charge is 0.0697 e. The van der Waals surface area contributed by atoms with Gasteiger partial charge < -0.3 is 10.1 Å². The Kier molecular flexibility index (Phi) is 3.95. The number of ether oxygens (including phenoxy) is 1. The molecule has 1 N–H and O–H groups in total. The zero-order valence-electron chi connectivity index (χ0n) is 11.9. The minimum Gasteiger partial charge on any atom is -0.375 e. The molecule has 1 heterocycles. The number of rotatable bonds is 3. The lowest BCUT2D eigenvalue weighted by molar-refractivity contribution is -0.135. The van der Waals surface area contributed by atoms with E-state index >= 15 is 0 Å². The predicted octanol–water partition coefficient (Wildman–Crippen LogP) is 3.50. The Balaban J connectivity index is 1.42. The van der Waals surface area contributed by atoms with Gasteiger partial charge in [0.25, 0.3) is 0 Å². The van der Waals surface area contributed by atoms with Crippen LogP contribution in [-0.2, 0) is 4.74 Å². The van der Waals surface area contributed by atoms with Gasteiger partial charge in [-0.1, -0.05) is 19.8 Å². The van der Waals surface area contributed by atoms with Gasteiger partial charge in [-0.25, -0.2) is 0 Å². The molecule has 1 spiro atoms. The van der Waals surface area contributed by atoms with Crippen LogP contribution in [-0.4, -0.2) is 24.8 Å². The summed E-state index contributed by atoms with van der Waals surface area (Å²) in [6.45, 7) is 4.66. The molecule has 2 aliphatic carbocycles. The number of hydrogen-bond donors (Lipinski definition) is 1. The molecule has 0 radical (unpaired) electrons. The average molecular weight is 251 g/mol. The van der Waals surface area contributed by atoms with Crippen LogP contribution >= 0.6 is 0 Å². The van der Waals surface area contributed by atoms with Crippen molar-refractivity contribution in [1.29, 1.82) is 0 Å². The summed E-state index contributed by atoms with van der Waals surface area (Å²) < 4.78 is 6.00. The first-order valence-corrected chi connectivity index (χ1v) is 8.13. The molecular weight excluding hydrogens is 222 g/mol. The molecule has 0 aromatic rings. The lowest BCUT2D eigenvalue weighted by atomic mass is 9.73. The van der Waals surface area contributed by atoms with Gasteiger partial charge in [-0.05, 0) is 63.3 Å². The highest BCUT2D eigenvalue weighted by Crippen LogP contribution is 2.42. The quantitative estimate of drug-likeness (QED) is 0.829. The van der Waals surface area contributed by atoms with Gasteiger partial charge in [0.05, 0.1) is 5.60 Å². The molecule has 2 saturated carbocycles. The van der Waals surface area contributed by atoms with Gasteiger partial charge in [0.15, 0.2) is 0 Å². The molecule has 1 aliphatic heterocycles. The van der Waals surface area contributed by atoms with Crippen LogP contribution in [0.5, 0.6) is 0 Å². The summed E-state index contributed by atoms with van der Waals surface area (Å²) in [5.41, 5.74) is 0.301. The van der Waals surface area contributed by atoms with Gasteiger partial charge in [-0.15, -0.1) is 0 Å². The Morgan fingerprint density at radius 2 is 2.06 bits per heavy atom. The molecule has 2 heteroatoms. The second-order valence-corrected chi connectivity index (χ2v) is 7.12. The van der Waals surface area contributed by atoms with Crippen molar-refractivity contribution in [2.45, 2.75) is 76.4 Å². The standard InChI is InChI=1S/C16H29NO/c1-13-4-2-5-14(10-13)12-17-15-6-9-18-16(11-15)7-3-8-16/h13-15,17H,2-12H2,1H3. The Labute approximate surface area is 112 Å². The highest BCUT2D eigenvalue weighted by Gasteiger charge is 2.42. The minimum atomic E-state index is 0.301. The van der Waals surface area contributed by atoms with E-state index in [1.165, 1.54) is 64.3 Å². The molecular formula is C16H29NO. The Morgan fingerprint density at radius 3 is 2.78 bits per heavy atom. The summed E-state index contributed by atoms with van der Waals surface area (Å²) in [6.07, 6.45) is 12.3. The zero-order valence-corrected chi connectivity index (χ0v) is 11.9. The van der Waals surface area contributed by atoms with Crippen LogP contribution in [0.1, 0.15) is 64.7 Å². The SMILES string of the molecule is CC1CCCC(CNC2CCOC3(CCC3)C2)C1. The van der Waals surface area contributed by atoms with Crippen molar-refractivity contribution >= 4 is 0 Å². The van der Waals surface area contributed by atoms with Crippen LogP contribution in [0.4, 0.5) is 0 Å². The molecule has 0 aromatic heterocycles. The summed E-state index contributed by atoms with van der Waals surface area (Å²) in [5.74, 6) is 1.90. The van der Waals surface area contributed by atoms with Crippen molar-refractivity contribution < 1.29 is 4.74 Å². The van der Waals surface area contributed by atoms with Crippen LogP contribution in [0.15, 0.2) is 0 Å². The Bertz CT molecular complexity index is 274. The van der Waals surface area contributed by atoms with Crippen LogP contribution < -0.4 is 5.32 Å². The van der Waals surface area contributed by atoms with Crippen molar-refractivity contribution in [3.8, 4) is 0 Å². The van der Waals surface area contributed by atoms with E-state index in [4.69, 9.17) is 4.74 Å².